The second kappa shape index (κ2) is 4.82. The van der Waals surface area contributed by atoms with Crippen molar-refractivity contribution >= 4 is 5.78 Å². The van der Waals surface area contributed by atoms with E-state index in [9.17, 15) is 4.79 Å². The molecule has 3 fully saturated rings. The normalized spacial score (nSPS) is 54.1. The molecule has 5 rings (SSSR count). The largest absolute Gasteiger partial charge is 0.294 e. The minimum Gasteiger partial charge on any atom is -0.294 e. The highest BCUT2D eigenvalue weighted by atomic mass is 16.1. The molecule has 138 valence electrons. The molecule has 0 saturated heterocycles. The average molecular weight is 341 g/mol. The molecule has 1 nitrogen and oxygen atoms in total. The Morgan fingerprint density at radius 1 is 1.00 bits per heavy atom. The highest BCUT2D eigenvalue weighted by molar-refractivity contribution is 6.06. The molecule has 1 spiro atoms. The molecule has 3 saturated carbocycles. The number of rotatable bonds is 1. The van der Waals surface area contributed by atoms with Crippen LogP contribution in [0.5, 0.6) is 0 Å². The van der Waals surface area contributed by atoms with Crippen molar-refractivity contribution in [2.24, 2.45) is 45.8 Å². The van der Waals surface area contributed by atoms with Gasteiger partial charge in [-0.05, 0) is 91.9 Å². The van der Waals surface area contributed by atoms with E-state index in [1.807, 2.05) is 0 Å². The van der Waals surface area contributed by atoms with Crippen LogP contribution in [-0.2, 0) is 4.79 Å². The third kappa shape index (κ3) is 1.70. The first-order valence-corrected chi connectivity index (χ1v) is 11.0. The molecular weight excluding hydrogens is 304 g/mol. The lowest BCUT2D eigenvalue weighted by Crippen LogP contribution is -2.40. The van der Waals surface area contributed by atoms with Gasteiger partial charge < -0.3 is 0 Å². The summed E-state index contributed by atoms with van der Waals surface area (Å²) < 4.78 is 0. The number of allylic oxidation sites excluding steroid dienone is 2. The van der Waals surface area contributed by atoms with Crippen molar-refractivity contribution in [3.8, 4) is 0 Å². The van der Waals surface area contributed by atoms with Crippen LogP contribution in [-0.4, -0.2) is 5.78 Å². The molecule has 0 aliphatic heterocycles. The summed E-state index contributed by atoms with van der Waals surface area (Å²) in [4.78, 5) is 13.9. The molecule has 1 heteroatoms. The van der Waals surface area contributed by atoms with Gasteiger partial charge in [0.15, 0.2) is 5.78 Å². The number of Topliss-reactive ketones (excluding diaryl/α,β-unsaturated/α-hetero) is 1. The number of carbonyl (C=O) groups is 1. The van der Waals surface area contributed by atoms with Gasteiger partial charge in [-0.15, -0.1) is 0 Å². The summed E-state index contributed by atoms with van der Waals surface area (Å²) in [5.41, 5.74) is 3.68. The van der Waals surface area contributed by atoms with E-state index in [2.05, 4.69) is 34.6 Å². The molecule has 0 N–H and O–H groups in total. The SMILES string of the molecule is CC(C)[C@@H]1CC[C@]2(C)CC3=C(C[C@@H]12)C(=O)[C@@]12CC[C@@H](C)[C@@H]1CC[C@@]32C. The summed E-state index contributed by atoms with van der Waals surface area (Å²) in [7, 11) is 0. The van der Waals surface area contributed by atoms with E-state index in [-0.39, 0.29) is 10.8 Å². The summed E-state index contributed by atoms with van der Waals surface area (Å²) in [5.74, 6) is 4.41. The van der Waals surface area contributed by atoms with Crippen LogP contribution in [0.25, 0.3) is 0 Å². The van der Waals surface area contributed by atoms with Gasteiger partial charge in [0.2, 0.25) is 0 Å². The fourth-order valence-electron chi connectivity index (χ4n) is 8.86. The van der Waals surface area contributed by atoms with Crippen molar-refractivity contribution in [3.63, 3.8) is 0 Å². The molecule has 0 aromatic carbocycles. The van der Waals surface area contributed by atoms with Crippen LogP contribution in [0.3, 0.4) is 0 Å². The van der Waals surface area contributed by atoms with Crippen LogP contribution in [0, 0.1) is 45.8 Å². The van der Waals surface area contributed by atoms with E-state index >= 15 is 0 Å². The summed E-state index contributed by atoms with van der Waals surface area (Å²) >= 11 is 0. The second-order valence-electron chi connectivity index (χ2n) is 11.3. The molecule has 7 atom stereocenters. The van der Waals surface area contributed by atoms with Gasteiger partial charge in [-0.25, -0.2) is 0 Å². The van der Waals surface area contributed by atoms with E-state index in [1.165, 1.54) is 50.5 Å². The summed E-state index contributed by atoms with van der Waals surface area (Å²) in [6.45, 7) is 12.3. The zero-order valence-electron chi connectivity index (χ0n) is 17.0. The molecule has 25 heavy (non-hydrogen) atoms. The Hall–Kier alpha value is -0.590. The minimum absolute atomic E-state index is 0.0133. The Labute approximate surface area is 154 Å². The number of carbonyl (C=O) groups excluding carboxylic acids is 1. The quantitative estimate of drug-likeness (QED) is 0.557. The van der Waals surface area contributed by atoms with E-state index in [0.717, 1.165) is 30.1 Å². The van der Waals surface area contributed by atoms with E-state index in [0.29, 0.717) is 17.1 Å². The fraction of sp³-hybridized carbons (Fsp3) is 0.875. The lowest BCUT2D eigenvalue weighted by atomic mass is 9.59. The molecule has 0 bridgehead atoms. The maximum absolute atomic E-state index is 13.9. The molecular formula is C24H36O. The van der Waals surface area contributed by atoms with Gasteiger partial charge in [0.1, 0.15) is 0 Å². The molecule has 0 aromatic rings. The van der Waals surface area contributed by atoms with Gasteiger partial charge in [-0.3, -0.25) is 4.79 Å². The summed E-state index contributed by atoms with van der Waals surface area (Å²) in [6.07, 6.45) is 10.2. The van der Waals surface area contributed by atoms with Crippen LogP contribution in [0.15, 0.2) is 11.1 Å². The lowest BCUT2D eigenvalue weighted by molar-refractivity contribution is -0.129. The number of hydrogen-bond donors (Lipinski definition) is 0. The molecule has 5 aliphatic carbocycles. The zero-order valence-corrected chi connectivity index (χ0v) is 17.0. The van der Waals surface area contributed by atoms with Crippen molar-refractivity contribution in [1.29, 1.82) is 0 Å². The third-order valence-electron chi connectivity index (χ3n) is 10.3. The average Bonchev–Trinajstić information content (AvgIpc) is 3.20. The zero-order chi connectivity index (χ0) is 17.8. The predicted octanol–water partition coefficient (Wildman–Crippen LogP) is 6.18. The van der Waals surface area contributed by atoms with E-state index in [4.69, 9.17) is 0 Å². The summed E-state index contributed by atoms with van der Waals surface area (Å²) in [6, 6.07) is 0. The summed E-state index contributed by atoms with van der Waals surface area (Å²) in [5, 5.41) is 0. The van der Waals surface area contributed by atoms with Crippen molar-refractivity contribution in [2.75, 3.05) is 0 Å². The van der Waals surface area contributed by atoms with Gasteiger partial charge >= 0.3 is 0 Å². The molecule has 0 unspecified atom stereocenters. The van der Waals surface area contributed by atoms with Crippen LogP contribution < -0.4 is 0 Å². The van der Waals surface area contributed by atoms with Gasteiger partial charge in [0, 0.05) is 10.8 Å². The van der Waals surface area contributed by atoms with Gasteiger partial charge in [-0.2, -0.15) is 0 Å². The van der Waals surface area contributed by atoms with Crippen LogP contribution in [0.4, 0.5) is 0 Å². The third-order valence-corrected chi connectivity index (χ3v) is 10.3. The molecule has 0 aromatic heterocycles. The molecule has 5 aliphatic rings. The highest BCUT2D eigenvalue weighted by Gasteiger charge is 2.71. The van der Waals surface area contributed by atoms with Crippen LogP contribution >= 0.6 is 0 Å². The van der Waals surface area contributed by atoms with Crippen molar-refractivity contribution in [2.45, 2.75) is 86.0 Å². The van der Waals surface area contributed by atoms with Crippen molar-refractivity contribution in [1.82, 2.24) is 0 Å². The number of hydrogen-bond acceptors (Lipinski definition) is 1. The van der Waals surface area contributed by atoms with Crippen molar-refractivity contribution in [3.05, 3.63) is 11.1 Å². The van der Waals surface area contributed by atoms with Crippen molar-refractivity contribution < 1.29 is 4.79 Å². The first-order chi connectivity index (χ1) is 11.7. The maximum atomic E-state index is 13.9. The fourth-order valence-corrected chi connectivity index (χ4v) is 8.86. The lowest BCUT2D eigenvalue weighted by Gasteiger charge is -2.44. The molecule has 0 heterocycles. The standard InChI is InChI=1S/C24H36O/c1-14(2)16-7-9-22(4)13-20-17(12-19(16)22)21(25)24-11-6-15(3)18(24)8-10-23(20,24)5/h14-16,18-19H,6-13H2,1-5H3/t15-,16+,18+,19+,22-,23+,24-/m1/s1. The van der Waals surface area contributed by atoms with Gasteiger partial charge in [0.25, 0.3) is 0 Å². The Bertz CT molecular complexity index is 672. The topological polar surface area (TPSA) is 17.1 Å². The number of ketones is 1. The first kappa shape index (κ1) is 16.6. The maximum Gasteiger partial charge on any atom is 0.166 e. The second-order valence-corrected chi connectivity index (χ2v) is 11.3. The van der Waals surface area contributed by atoms with E-state index in [1.54, 1.807) is 5.57 Å². The highest BCUT2D eigenvalue weighted by Crippen LogP contribution is 2.76. The molecule has 0 radical (unpaired) electrons. The van der Waals surface area contributed by atoms with Gasteiger partial charge in [-0.1, -0.05) is 40.2 Å². The smallest absolute Gasteiger partial charge is 0.166 e. The number of fused-ring (bicyclic) bond motifs is 2. The van der Waals surface area contributed by atoms with E-state index < -0.39 is 0 Å². The Balaban J connectivity index is 1.59. The monoisotopic (exact) mass is 340 g/mol. The van der Waals surface area contributed by atoms with Gasteiger partial charge in [0.05, 0.1) is 0 Å². The minimum atomic E-state index is 0.0133. The Morgan fingerprint density at radius 2 is 1.76 bits per heavy atom. The Morgan fingerprint density at radius 3 is 2.48 bits per heavy atom. The first-order valence-electron chi connectivity index (χ1n) is 11.0. The Kier molecular flexibility index (Phi) is 3.19. The van der Waals surface area contributed by atoms with Crippen LogP contribution in [0.1, 0.15) is 86.0 Å². The van der Waals surface area contributed by atoms with Crippen LogP contribution in [0.2, 0.25) is 0 Å². The predicted molar refractivity (Wildman–Crippen MR) is 102 cm³/mol. The molecule has 0 amide bonds.